The number of hydrogen-bond acceptors (Lipinski definition) is 8. The predicted octanol–water partition coefficient (Wildman–Crippen LogP) is 2.68. The van der Waals surface area contributed by atoms with Gasteiger partial charge in [-0.05, 0) is 74.3 Å². The SMILES string of the molecule is CNS(=O)(=O)N1CCC(N2CCN(C(=O)C(Cc3cc(C)c(O)c(C)c3)OC(=O)N3CCC(N4CCc5ccccc5NC4=O)CC3)CC2)CC1. The van der Waals surface area contributed by atoms with Crippen molar-refractivity contribution in [3.05, 3.63) is 58.7 Å². The molecule has 4 heterocycles. The van der Waals surface area contributed by atoms with Crippen molar-refractivity contribution in [1.29, 1.82) is 0 Å². The number of para-hydroxylation sites is 1. The molecule has 14 nitrogen and oxygen atoms in total. The number of fused-ring (bicyclic) bond motifs is 1. The van der Waals surface area contributed by atoms with E-state index in [2.05, 4.69) is 14.9 Å². The number of phenolic OH excluding ortho intramolecular Hbond substituents is 1. The van der Waals surface area contributed by atoms with E-state index in [-0.39, 0.29) is 36.2 Å². The number of aromatic hydroxyl groups is 1. The maximum Gasteiger partial charge on any atom is 0.410 e. The summed E-state index contributed by atoms with van der Waals surface area (Å²) in [7, 11) is -2.02. The first-order chi connectivity index (χ1) is 24.4. The Kier molecular flexibility index (Phi) is 11.4. The highest BCUT2D eigenvalue weighted by atomic mass is 32.2. The Hall–Kier alpha value is -3.92. The van der Waals surface area contributed by atoms with E-state index < -0.39 is 22.4 Å². The fourth-order valence-corrected chi connectivity index (χ4v) is 8.89. The number of anilines is 1. The molecule has 4 amide bonds. The number of amides is 4. The number of aryl methyl sites for hydroxylation is 2. The minimum Gasteiger partial charge on any atom is -0.507 e. The van der Waals surface area contributed by atoms with E-state index in [9.17, 15) is 27.9 Å². The Balaban J connectivity index is 1.07. The van der Waals surface area contributed by atoms with E-state index in [4.69, 9.17) is 4.74 Å². The van der Waals surface area contributed by atoms with Crippen LogP contribution in [0.5, 0.6) is 5.75 Å². The van der Waals surface area contributed by atoms with Crippen molar-refractivity contribution in [2.75, 3.05) is 71.3 Å². The number of benzene rings is 2. The molecule has 3 saturated heterocycles. The summed E-state index contributed by atoms with van der Waals surface area (Å²) in [4.78, 5) is 48.4. The number of nitrogens with one attached hydrogen (secondary N) is 2. The summed E-state index contributed by atoms with van der Waals surface area (Å²) in [5.41, 5.74) is 4.11. The summed E-state index contributed by atoms with van der Waals surface area (Å²) < 4.78 is 34.3. The molecular formula is C36H51N7O7S. The van der Waals surface area contributed by atoms with Crippen LogP contribution in [0, 0.1) is 13.8 Å². The number of piperidine rings is 2. The first-order valence-corrected chi connectivity index (χ1v) is 19.5. The first-order valence-electron chi connectivity index (χ1n) is 18.0. The third kappa shape index (κ3) is 8.43. The molecule has 0 aliphatic carbocycles. The van der Waals surface area contributed by atoms with Crippen LogP contribution in [0.3, 0.4) is 0 Å². The first kappa shape index (κ1) is 36.9. The van der Waals surface area contributed by atoms with Crippen molar-refractivity contribution in [1.82, 2.24) is 28.6 Å². The highest BCUT2D eigenvalue weighted by Gasteiger charge is 2.37. The summed E-state index contributed by atoms with van der Waals surface area (Å²) in [6.07, 6.45) is 2.00. The van der Waals surface area contributed by atoms with E-state index >= 15 is 0 Å². The molecule has 51 heavy (non-hydrogen) atoms. The number of urea groups is 1. The highest BCUT2D eigenvalue weighted by Crippen LogP contribution is 2.27. The van der Waals surface area contributed by atoms with Crippen LogP contribution in [0.2, 0.25) is 0 Å². The van der Waals surface area contributed by atoms with Gasteiger partial charge in [0.05, 0.1) is 0 Å². The van der Waals surface area contributed by atoms with Crippen LogP contribution in [0.15, 0.2) is 36.4 Å². The van der Waals surface area contributed by atoms with Gasteiger partial charge in [-0.15, -0.1) is 0 Å². The second kappa shape index (κ2) is 15.8. The Morgan fingerprint density at radius 3 is 2.18 bits per heavy atom. The van der Waals surface area contributed by atoms with Crippen LogP contribution < -0.4 is 10.0 Å². The molecule has 1 atom stereocenters. The lowest BCUT2D eigenvalue weighted by atomic mass is 10.00. The smallest absolute Gasteiger partial charge is 0.410 e. The number of hydrogen-bond donors (Lipinski definition) is 3. The molecule has 4 aliphatic rings. The van der Waals surface area contributed by atoms with Gasteiger partial charge in [-0.25, -0.2) is 14.3 Å². The van der Waals surface area contributed by atoms with Gasteiger partial charge in [0.1, 0.15) is 5.75 Å². The van der Waals surface area contributed by atoms with Crippen molar-refractivity contribution >= 4 is 33.9 Å². The monoisotopic (exact) mass is 725 g/mol. The molecule has 0 spiro atoms. The fraction of sp³-hybridized carbons (Fsp3) is 0.583. The van der Waals surface area contributed by atoms with Crippen molar-refractivity contribution in [3.63, 3.8) is 0 Å². The number of carbonyl (C=O) groups excluding carboxylic acids is 3. The molecule has 3 N–H and O–H groups in total. The molecule has 2 aromatic rings. The average Bonchev–Trinajstić information content (AvgIpc) is 3.31. The second-order valence-electron chi connectivity index (χ2n) is 14.1. The zero-order valence-corrected chi connectivity index (χ0v) is 30.7. The Labute approximate surface area is 300 Å². The largest absolute Gasteiger partial charge is 0.507 e. The van der Waals surface area contributed by atoms with Crippen LogP contribution in [0.25, 0.3) is 0 Å². The number of carbonyl (C=O) groups is 3. The van der Waals surface area contributed by atoms with E-state index in [1.165, 1.54) is 11.4 Å². The minimum absolute atomic E-state index is 0.0139. The maximum absolute atomic E-state index is 14.1. The van der Waals surface area contributed by atoms with Crippen LogP contribution in [0.1, 0.15) is 47.9 Å². The Bertz CT molecular complexity index is 1680. The van der Waals surface area contributed by atoms with E-state index in [0.29, 0.717) is 82.9 Å². The third-order valence-electron chi connectivity index (χ3n) is 11.0. The quantitative estimate of drug-likeness (QED) is 0.376. The molecule has 15 heteroatoms. The molecule has 0 saturated carbocycles. The minimum atomic E-state index is -3.44. The van der Waals surface area contributed by atoms with Crippen molar-refractivity contribution < 1.29 is 32.6 Å². The van der Waals surface area contributed by atoms with E-state index in [1.54, 1.807) is 23.6 Å². The van der Waals surface area contributed by atoms with E-state index in [1.807, 2.05) is 41.3 Å². The lowest BCUT2D eigenvalue weighted by molar-refractivity contribution is -0.143. The summed E-state index contributed by atoms with van der Waals surface area (Å²) in [6.45, 7) is 8.18. The number of rotatable bonds is 8. The molecule has 0 radical (unpaired) electrons. The highest BCUT2D eigenvalue weighted by molar-refractivity contribution is 7.87. The number of piperazine rings is 1. The zero-order chi connectivity index (χ0) is 36.3. The van der Waals surface area contributed by atoms with Crippen LogP contribution in [0.4, 0.5) is 15.3 Å². The summed E-state index contributed by atoms with van der Waals surface area (Å²) in [5, 5.41) is 13.4. The van der Waals surface area contributed by atoms with Crippen LogP contribution in [-0.2, 0) is 32.6 Å². The van der Waals surface area contributed by atoms with Gasteiger partial charge in [-0.2, -0.15) is 12.7 Å². The Morgan fingerprint density at radius 2 is 1.53 bits per heavy atom. The van der Waals surface area contributed by atoms with Crippen LogP contribution in [-0.4, -0.2) is 140 Å². The number of nitrogens with zero attached hydrogens (tertiary/aromatic N) is 5. The fourth-order valence-electron chi connectivity index (χ4n) is 7.94. The van der Waals surface area contributed by atoms with Gasteiger partial charge < -0.3 is 29.9 Å². The summed E-state index contributed by atoms with van der Waals surface area (Å²) in [6, 6.07) is 11.6. The van der Waals surface area contributed by atoms with Gasteiger partial charge in [-0.3, -0.25) is 9.69 Å². The molecular weight excluding hydrogens is 675 g/mol. The van der Waals surface area contributed by atoms with Gasteiger partial charge in [0.2, 0.25) is 0 Å². The van der Waals surface area contributed by atoms with Gasteiger partial charge in [0.25, 0.3) is 16.1 Å². The standard InChI is InChI=1S/C36H51N7O7S/c1-25-22-27(23-26(2)33(25)44)24-32(34(45)40-20-18-39(19-21-40)29-11-15-42(16-12-29)51(48,49)37-3)50-36(47)41-13-9-30(10-14-41)43-17-8-28-6-4-5-7-31(28)38-35(43)46/h4-7,22-23,29-30,32,37,44H,8-21,24H2,1-3H3,(H,38,46). The molecule has 278 valence electrons. The van der Waals surface area contributed by atoms with Gasteiger partial charge in [-0.1, -0.05) is 30.3 Å². The number of phenols is 1. The topological polar surface area (TPSA) is 155 Å². The predicted molar refractivity (Wildman–Crippen MR) is 193 cm³/mol. The third-order valence-corrected chi connectivity index (χ3v) is 12.5. The van der Waals surface area contributed by atoms with Crippen molar-refractivity contribution in [2.45, 2.75) is 70.6 Å². The average molecular weight is 726 g/mol. The molecule has 0 bridgehead atoms. The summed E-state index contributed by atoms with van der Waals surface area (Å²) >= 11 is 0. The molecule has 2 aromatic carbocycles. The van der Waals surface area contributed by atoms with Gasteiger partial charge >= 0.3 is 12.1 Å². The lowest BCUT2D eigenvalue weighted by Crippen LogP contribution is -2.57. The Morgan fingerprint density at radius 1 is 0.902 bits per heavy atom. The second-order valence-corrected chi connectivity index (χ2v) is 16.0. The molecule has 0 aromatic heterocycles. The lowest BCUT2D eigenvalue weighted by Gasteiger charge is -2.43. The molecule has 6 rings (SSSR count). The van der Waals surface area contributed by atoms with Crippen molar-refractivity contribution in [3.8, 4) is 5.75 Å². The maximum atomic E-state index is 14.1. The molecule has 4 aliphatic heterocycles. The number of ether oxygens (including phenoxy) is 1. The zero-order valence-electron chi connectivity index (χ0n) is 29.8. The normalized spacial score (nSPS) is 20.8. The molecule has 3 fully saturated rings. The van der Waals surface area contributed by atoms with Crippen LogP contribution >= 0.6 is 0 Å². The van der Waals surface area contributed by atoms with Gasteiger partial charge in [0.15, 0.2) is 6.10 Å². The summed E-state index contributed by atoms with van der Waals surface area (Å²) in [5.74, 6) is -0.0500. The molecule has 1 unspecified atom stereocenters. The van der Waals surface area contributed by atoms with Crippen molar-refractivity contribution in [2.24, 2.45) is 0 Å². The van der Waals surface area contributed by atoms with Gasteiger partial charge in [0, 0.05) is 90.1 Å². The number of likely N-dealkylation sites (tertiary alicyclic amines) is 1. The van der Waals surface area contributed by atoms with E-state index in [0.717, 1.165) is 36.1 Å².